The first kappa shape index (κ1) is 16.7. The van der Waals surface area contributed by atoms with Crippen molar-refractivity contribution in [3.05, 3.63) is 24.0 Å². The van der Waals surface area contributed by atoms with E-state index >= 15 is 0 Å². The van der Waals surface area contributed by atoms with Gasteiger partial charge in [0.15, 0.2) is 0 Å². The summed E-state index contributed by atoms with van der Waals surface area (Å²) < 4.78 is 14.5. The highest BCUT2D eigenvalue weighted by atomic mass is 19.1. The average molecular weight is 334 g/mol. The van der Waals surface area contributed by atoms with Crippen LogP contribution in [-0.2, 0) is 9.59 Å². The van der Waals surface area contributed by atoms with Gasteiger partial charge in [-0.1, -0.05) is 6.92 Å². The summed E-state index contributed by atoms with van der Waals surface area (Å²) >= 11 is 0. The molecule has 6 nitrogen and oxygen atoms in total. The van der Waals surface area contributed by atoms with Crippen LogP contribution >= 0.6 is 0 Å². The van der Waals surface area contributed by atoms with E-state index in [2.05, 4.69) is 27.4 Å². The number of imide groups is 1. The van der Waals surface area contributed by atoms with E-state index in [0.29, 0.717) is 24.2 Å². The number of piperidine rings is 1. The largest absolute Gasteiger partial charge is 0.374 e. The highest BCUT2D eigenvalue weighted by Gasteiger charge is 2.26. The van der Waals surface area contributed by atoms with Crippen molar-refractivity contribution >= 4 is 23.2 Å². The van der Waals surface area contributed by atoms with E-state index in [-0.39, 0.29) is 17.6 Å². The molecule has 2 aliphatic rings. The van der Waals surface area contributed by atoms with Gasteiger partial charge in [-0.25, -0.2) is 4.39 Å². The van der Waals surface area contributed by atoms with Crippen LogP contribution in [0.2, 0.25) is 0 Å². The second-order valence-corrected chi connectivity index (χ2v) is 6.24. The summed E-state index contributed by atoms with van der Waals surface area (Å²) in [6.07, 6.45) is 0.721. The van der Waals surface area contributed by atoms with Gasteiger partial charge in [0.25, 0.3) is 0 Å². The first-order valence-corrected chi connectivity index (χ1v) is 8.44. The summed E-state index contributed by atoms with van der Waals surface area (Å²) in [5.41, 5.74) is 1.15. The number of carbonyl (C=O) groups is 2. The molecule has 0 aromatic heterocycles. The minimum atomic E-state index is -0.499. The van der Waals surface area contributed by atoms with Gasteiger partial charge in [0.1, 0.15) is 11.9 Å². The van der Waals surface area contributed by atoms with Gasteiger partial charge in [-0.15, -0.1) is 0 Å². The van der Waals surface area contributed by atoms with Crippen LogP contribution < -0.4 is 15.5 Å². The quantitative estimate of drug-likeness (QED) is 0.810. The molecule has 2 heterocycles. The second-order valence-electron chi connectivity index (χ2n) is 6.24. The lowest BCUT2D eigenvalue weighted by molar-refractivity contribution is -0.133. The Morgan fingerprint density at radius 2 is 2.00 bits per heavy atom. The van der Waals surface area contributed by atoms with Crippen molar-refractivity contribution in [1.29, 1.82) is 0 Å². The van der Waals surface area contributed by atoms with Crippen molar-refractivity contribution in [2.75, 3.05) is 42.9 Å². The van der Waals surface area contributed by atoms with Gasteiger partial charge in [0.2, 0.25) is 11.8 Å². The van der Waals surface area contributed by atoms with Crippen molar-refractivity contribution in [3.8, 4) is 0 Å². The molecule has 3 rings (SSSR count). The topological polar surface area (TPSA) is 64.7 Å². The number of nitrogens with one attached hydrogen (secondary N) is 2. The number of piperazine rings is 1. The van der Waals surface area contributed by atoms with Crippen molar-refractivity contribution < 1.29 is 14.0 Å². The predicted molar refractivity (Wildman–Crippen MR) is 90.5 cm³/mol. The SMILES string of the molecule is CCN1CCN(c2ccc(NC3CCC(=O)NC3=O)cc2F)CC1. The van der Waals surface area contributed by atoms with E-state index < -0.39 is 6.04 Å². The maximum absolute atomic E-state index is 14.5. The number of anilines is 2. The molecule has 0 radical (unpaired) electrons. The number of benzene rings is 1. The van der Waals surface area contributed by atoms with Crippen molar-refractivity contribution in [2.24, 2.45) is 0 Å². The van der Waals surface area contributed by atoms with Crippen LogP contribution in [0.25, 0.3) is 0 Å². The van der Waals surface area contributed by atoms with Crippen LogP contribution in [-0.4, -0.2) is 55.5 Å². The molecule has 1 aromatic carbocycles. The molecule has 130 valence electrons. The van der Waals surface area contributed by atoms with E-state index in [4.69, 9.17) is 0 Å². The number of hydrogen-bond acceptors (Lipinski definition) is 5. The van der Waals surface area contributed by atoms with Crippen LogP contribution in [0.3, 0.4) is 0 Å². The number of rotatable bonds is 4. The summed E-state index contributed by atoms with van der Waals surface area (Å²) in [5.74, 6) is -0.908. The first-order chi connectivity index (χ1) is 11.6. The fraction of sp³-hybridized carbons (Fsp3) is 0.529. The summed E-state index contributed by atoms with van der Waals surface area (Å²) in [7, 11) is 0. The Morgan fingerprint density at radius 3 is 2.62 bits per heavy atom. The van der Waals surface area contributed by atoms with E-state index in [9.17, 15) is 14.0 Å². The monoisotopic (exact) mass is 334 g/mol. The molecule has 2 aliphatic heterocycles. The Bertz CT molecular complexity index is 629. The average Bonchev–Trinajstić information content (AvgIpc) is 2.58. The van der Waals surface area contributed by atoms with E-state index in [1.54, 1.807) is 12.1 Å². The lowest BCUT2D eigenvalue weighted by Gasteiger charge is -2.35. The molecular formula is C17H23FN4O2. The van der Waals surface area contributed by atoms with Crippen LogP contribution in [0.5, 0.6) is 0 Å². The molecule has 1 unspecified atom stereocenters. The molecule has 2 fully saturated rings. The lowest BCUT2D eigenvalue weighted by Crippen LogP contribution is -2.47. The fourth-order valence-corrected chi connectivity index (χ4v) is 3.19. The molecule has 24 heavy (non-hydrogen) atoms. The van der Waals surface area contributed by atoms with E-state index in [1.165, 1.54) is 6.07 Å². The van der Waals surface area contributed by atoms with Gasteiger partial charge in [-0.2, -0.15) is 0 Å². The minimum absolute atomic E-state index is 0.259. The molecule has 2 saturated heterocycles. The van der Waals surface area contributed by atoms with Gasteiger partial charge < -0.3 is 15.1 Å². The number of nitrogens with zero attached hydrogens (tertiary/aromatic N) is 2. The minimum Gasteiger partial charge on any atom is -0.374 e. The van der Waals surface area contributed by atoms with Gasteiger partial charge >= 0.3 is 0 Å². The van der Waals surface area contributed by atoms with Crippen LogP contribution in [0.4, 0.5) is 15.8 Å². The van der Waals surface area contributed by atoms with Crippen molar-refractivity contribution in [2.45, 2.75) is 25.8 Å². The Labute approximate surface area is 141 Å². The molecule has 2 amide bonds. The Hall–Kier alpha value is -2.15. The summed E-state index contributed by atoms with van der Waals surface area (Å²) in [6, 6.07) is 4.46. The van der Waals surface area contributed by atoms with E-state index in [0.717, 1.165) is 32.7 Å². The molecular weight excluding hydrogens is 311 g/mol. The number of amides is 2. The Balaban J connectivity index is 1.64. The third kappa shape index (κ3) is 3.67. The molecule has 7 heteroatoms. The maximum atomic E-state index is 14.5. The van der Waals surface area contributed by atoms with Gasteiger partial charge in [0.05, 0.1) is 5.69 Å². The second kappa shape index (κ2) is 7.17. The predicted octanol–water partition coefficient (Wildman–Crippen LogP) is 1.18. The third-order valence-corrected chi connectivity index (χ3v) is 4.69. The summed E-state index contributed by atoms with van der Waals surface area (Å²) in [4.78, 5) is 27.3. The zero-order valence-corrected chi connectivity index (χ0v) is 13.8. The van der Waals surface area contributed by atoms with Crippen molar-refractivity contribution in [1.82, 2.24) is 10.2 Å². The van der Waals surface area contributed by atoms with Crippen molar-refractivity contribution in [3.63, 3.8) is 0 Å². The Morgan fingerprint density at radius 1 is 1.25 bits per heavy atom. The third-order valence-electron chi connectivity index (χ3n) is 4.69. The van der Waals surface area contributed by atoms with Gasteiger partial charge in [-0.05, 0) is 31.2 Å². The van der Waals surface area contributed by atoms with Gasteiger partial charge in [-0.3, -0.25) is 14.9 Å². The number of halogens is 1. The summed E-state index contributed by atoms with van der Waals surface area (Å²) in [6.45, 7) is 6.64. The smallest absolute Gasteiger partial charge is 0.249 e. The normalized spacial score (nSPS) is 22.4. The van der Waals surface area contributed by atoms with Crippen LogP contribution in [0.15, 0.2) is 18.2 Å². The molecule has 0 spiro atoms. The van der Waals surface area contributed by atoms with Crippen LogP contribution in [0, 0.1) is 5.82 Å². The number of hydrogen-bond donors (Lipinski definition) is 2. The standard InChI is InChI=1S/C17H23FN4O2/c1-2-21-7-9-22(10-8-21)15-5-3-12(11-13(15)18)19-14-4-6-16(23)20-17(14)24/h3,5,11,14,19H,2,4,6-10H2,1H3,(H,20,23,24). The molecule has 0 aliphatic carbocycles. The van der Waals surface area contributed by atoms with E-state index in [1.807, 2.05) is 0 Å². The molecule has 1 aromatic rings. The van der Waals surface area contributed by atoms with Gasteiger partial charge in [0, 0.05) is 38.3 Å². The summed E-state index contributed by atoms with van der Waals surface area (Å²) in [5, 5.41) is 5.30. The highest BCUT2D eigenvalue weighted by molar-refractivity contribution is 6.01. The first-order valence-electron chi connectivity index (χ1n) is 8.44. The molecule has 2 N–H and O–H groups in total. The number of likely N-dealkylation sites (N-methyl/N-ethyl adjacent to an activating group) is 1. The Kier molecular flexibility index (Phi) is 4.99. The molecule has 1 atom stereocenters. The molecule has 0 saturated carbocycles. The lowest BCUT2D eigenvalue weighted by atomic mass is 10.1. The highest BCUT2D eigenvalue weighted by Crippen LogP contribution is 2.25. The fourth-order valence-electron chi connectivity index (χ4n) is 3.19. The zero-order chi connectivity index (χ0) is 17.1. The number of carbonyl (C=O) groups excluding carboxylic acids is 2. The molecule has 0 bridgehead atoms. The maximum Gasteiger partial charge on any atom is 0.249 e. The zero-order valence-electron chi connectivity index (χ0n) is 13.8. The van der Waals surface area contributed by atoms with Crippen LogP contribution in [0.1, 0.15) is 19.8 Å².